The Balaban J connectivity index is 1.32. The van der Waals surface area contributed by atoms with Crippen LogP contribution in [0, 0.1) is 16.6 Å². The third-order valence-electron chi connectivity index (χ3n) is 8.73. The highest BCUT2D eigenvalue weighted by Gasteiger charge is 2.28. The summed E-state index contributed by atoms with van der Waals surface area (Å²) < 4.78 is 26.9. The maximum atomic E-state index is 15.3. The third kappa shape index (κ3) is 8.28. The summed E-state index contributed by atoms with van der Waals surface area (Å²) in [7, 11) is 2.11. The molecule has 0 radical (unpaired) electrons. The molecule has 0 bridgehead atoms. The number of nitrogens with zero attached hydrogens (tertiary/aromatic N) is 3. The molecule has 9 N–H and O–H groups in total. The van der Waals surface area contributed by atoms with Crippen molar-refractivity contribution in [2.45, 2.75) is 63.1 Å². The van der Waals surface area contributed by atoms with E-state index in [2.05, 4.69) is 21.9 Å². The van der Waals surface area contributed by atoms with E-state index in [4.69, 9.17) is 49.1 Å². The van der Waals surface area contributed by atoms with Crippen molar-refractivity contribution >= 4 is 34.7 Å². The van der Waals surface area contributed by atoms with E-state index in [0.29, 0.717) is 54.3 Å². The molecular weight excluding hydrogens is 625 g/mol. The Labute approximate surface area is 277 Å². The van der Waals surface area contributed by atoms with Crippen LogP contribution in [-0.4, -0.2) is 63.8 Å². The summed E-state index contributed by atoms with van der Waals surface area (Å²) >= 11 is 6.28. The number of H-pyrrole nitrogens is 1. The predicted molar refractivity (Wildman–Crippen MR) is 182 cm³/mol. The molecule has 3 atom stereocenters. The SMILES string of the molecule is CN1[C@H](CCOC(=N)N)CCC[C@H]1c1ccc(-n2cc3cc(-c4cc(CCC[C@@H](N)COC(=N)N)cc(Cl)c4F)[nH]c3nc2=O)cc1. The second-order valence-corrected chi connectivity index (χ2v) is 12.4. The average Bonchev–Trinajstić information content (AvgIpc) is 3.44. The Morgan fingerprint density at radius 2 is 1.89 bits per heavy atom. The van der Waals surface area contributed by atoms with E-state index in [1.807, 2.05) is 24.3 Å². The molecule has 47 heavy (non-hydrogen) atoms. The predicted octanol–water partition coefficient (Wildman–Crippen LogP) is 4.56. The number of nitrogens with one attached hydrogen (secondary N) is 3. The van der Waals surface area contributed by atoms with Gasteiger partial charge < -0.3 is 31.7 Å². The van der Waals surface area contributed by atoms with Crippen molar-refractivity contribution in [1.29, 1.82) is 10.8 Å². The van der Waals surface area contributed by atoms with Gasteiger partial charge in [-0.15, -0.1) is 0 Å². The number of benzene rings is 2. The van der Waals surface area contributed by atoms with Gasteiger partial charge in [-0.05, 0) is 93.5 Å². The number of fused-ring (bicyclic) bond motifs is 1. The lowest BCUT2D eigenvalue weighted by atomic mass is 9.90. The van der Waals surface area contributed by atoms with Gasteiger partial charge in [-0.25, -0.2) is 9.18 Å². The van der Waals surface area contributed by atoms with E-state index < -0.39 is 11.5 Å². The number of ether oxygens (including phenoxy) is 2. The minimum atomic E-state index is -0.569. The summed E-state index contributed by atoms with van der Waals surface area (Å²) in [6, 6.07) is 12.6. The van der Waals surface area contributed by atoms with Gasteiger partial charge in [0.25, 0.3) is 12.0 Å². The number of amidine groups is 2. The van der Waals surface area contributed by atoms with Crippen molar-refractivity contribution in [3.05, 3.63) is 81.1 Å². The molecule has 0 aliphatic carbocycles. The number of halogens is 2. The van der Waals surface area contributed by atoms with Gasteiger partial charge in [-0.2, -0.15) is 4.98 Å². The first-order valence-corrected chi connectivity index (χ1v) is 16.0. The second-order valence-electron chi connectivity index (χ2n) is 12.0. The van der Waals surface area contributed by atoms with Gasteiger partial charge in [0, 0.05) is 35.3 Å². The van der Waals surface area contributed by atoms with Gasteiger partial charge in [0.1, 0.15) is 12.3 Å². The van der Waals surface area contributed by atoms with Crippen LogP contribution >= 0.6 is 11.6 Å². The van der Waals surface area contributed by atoms with Crippen LogP contribution in [0.25, 0.3) is 28.0 Å². The van der Waals surface area contributed by atoms with Gasteiger partial charge in [0.05, 0.1) is 23.0 Å². The third-order valence-corrected chi connectivity index (χ3v) is 9.00. The molecule has 14 heteroatoms. The summed E-state index contributed by atoms with van der Waals surface area (Å²) in [6.45, 7) is 0.562. The van der Waals surface area contributed by atoms with E-state index >= 15 is 4.39 Å². The van der Waals surface area contributed by atoms with Crippen LogP contribution in [0.2, 0.25) is 5.02 Å². The molecule has 0 amide bonds. The van der Waals surface area contributed by atoms with Crippen molar-refractivity contribution in [3.8, 4) is 16.9 Å². The van der Waals surface area contributed by atoms with Crippen molar-refractivity contribution < 1.29 is 13.9 Å². The van der Waals surface area contributed by atoms with Gasteiger partial charge in [0.15, 0.2) is 5.82 Å². The standard InChI is InChI=1S/C33H41ClFN9O3/c1-43-23(12-13-46-31(37)38)6-3-7-28(43)20-8-10-24(11-9-20)44-17-21-16-27(41-30(21)42-33(44)45)25-14-19(15-26(34)29(25)35)4-2-5-22(36)18-47-32(39)40/h8-11,14-17,22-23,28H,2-7,12-13,18,36H2,1H3,(H3,37,38)(H3,39,40)(H,41,42,45)/t22-,23+,28+/m1/s1. The van der Waals surface area contributed by atoms with E-state index in [0.717, 1.165) is 36.8 Å². The smallest absolute Gasteiger partial charge is 0.354 e. The minimum Gasteiger partial charge on any atom is -0.466 e. The van der Waals surface area contributed by atoms with Crippen LogP contribution in [0.3, 0.4) is 0 Å². The Bertz CT molecular complexity index is 1790. The molecule has 4 aromatic rings. The fourth-order valence-corrected chi connectivity index (χ4v) is 6.52. The van der Waals surface area contributed by atoms with Crippen LogP contribution < -0.4 is 22.9 Å². The summed E-state index contributed by atoms with van der Waals surface area (Å²) in [6.07, 6.45) is 7.57. The normalized spacial score (nSPS) is 17.4. The average molecular weight is 666 g/mol. The van der Waals surface area contributed by atoms with E-state index in [9.17, 15) is 4.79 Å². The van der Waals surface area contributed by atoms with Crippen LogP contribution in [0.15, 0.2) is 53.5 Å². The largest absolute Gasteiger partial charge is 0.466 e. The zero-order chi connectivity index (χ0) is 33.7. The molecule has 1 saturated heterocycles. The molecule has 5 rings (SSSR count). The van der Waals surface area contributed by atoms with Crippen molar-refractivity contribution in [2.75, 3.05) is 20.3 Å². The first-order valence-electron chi connectivity index (χ1n) is 15.6. The summed E-state index contributed by atoms with van der Waals surface area (Å²) in [5, 5.41) is 15.1. The topological polar surface area (TPSA) is 198 Å². The quantitative estimate of drug-likeness (QED) is 0.0934. The number of aromatic amines is 1. The second kappa shape index (κ2) is 15.0. The maximum Gasteiger partial charge on any atom is 0.354 e. The zero-order valence-corrected chi connectivity index (χ0v) is 27.0. The minimum absolute atomic E-state index is 0.00711. The van der Waals surface area contributed by atoms with Gasteiger partial charge in [0.2, 0.25) is 0 Å². The van der Waals surface area contributed by atoms with Crippen molar-refractivity contribution in [2.24, 2.45) is 17.2 Å². The van der Waals surface area contributed by atoms with Crippen LogP contribution in [-0.2, 0) is 15.9 Å². The first-order chi connectivity index (χ1) is 22.5. The van der Waals surface area contributed by atoms with Crippen molar-refractivity contribution in [3.63, 3.8) is 0 Å². The number of nitrogens with two attached hydrogens (primary N) is 3. The highest BCUT2D eigenvalue weighted by molar-refractivity contribution is 6.31. The Kier molecular flexibility index (Phi) is 10.8. The van der Waals surface area contributed by atoms with Gasteiger partial charge in [-0.3, -0.25) is 20.3 Å². The van der Waals surface area contributed by atoms with Crippen LogP contribution in [0.5, 0.6) is 0 Å². The van der Waals surface area contributed by atoms with Gasteiger partial charge >= 0.3 is 5.69 Å². The van der Waals surface area contributed by atoms with E-state index in [1.165, 1.54) is 4.57 Å². The van der Waals surface area contributed by atoms with Crippen molar-refractivity contribution in [1.82, 2.24) is 19.4 Å². The molecule has 1 aliphatic rings. The lowest BCUT2D eigenvalue weighted by molar-refractivity contribution is 0.0940. The molecule has 3 heterocycles. The zero-order valence-electron chi connectivity index (χ0n) is 26.3. The summed E-state index contributed by atoms with van der Waals surface area (Å²) in [5.41, 5.74) is 19.8. The lowest BCUT2D eigenvalue weighted by Gasteiger charge is -2.40. The number of aromatic nitrogens is 3. The molecule has 0 spiro atoms. The molecule has 0 saturated carbocycles. The molecule has 1 fully saturated rings. The number of rotatable bonds is 12. The monoisotopic (exact) mass is 665 g/mol. The Hall–Kier alpha value is -4.46. The lowest BCUT2D eigenvalue weighted by Crippen LogP contribution is -2.39. The molecular formula is C33H41ClFN9O3. The number of hydrogen-bond acceptors (Lipinski definition) is 8. The summed E-state index contributed by atoms with van der Waals surface area (Å²) in [5.74, 6) is -0.569. The fraction of sp³-hybridized carbons (Fsp3) is 0.394. The molecule has 1 aliphatic heterocycles. The Morgan fingerprint density at radius 3 is 2.62 bits per heavy atom. The molecule has 12 nitrogen and oxygen atoms in total. The fourth-order valence-electron chi connectivity index (χ4n) is 6.28. The Morgan fingerprint density at radius 1 is 1.15 bits per heavy atom. The van der Waals surface area contributed by atoms with Crippen LogP contribution in [0.1, 0.15) is 55.7 Å². The number of piperidine rings is 1. The highest BCUT2D eigenvalue weighted by Crippen LogP contribution is 2.35. The maximum absolute atomic E-state index is 15.3. The first kappa shape index (κ1) is 33.9. The number of hydrogen-bond donors (Lipinski definition) is 6. The molecule has 2 aromatic carbocycles. The van der Waals surface area contributed by atoms with Crippen LogP contribution in [0.4, 0.5) is 4.39 Å². The molecule has 2 aromatic heterocycles. The highest BCUT2D eigenvalue weighted by atomic mass is 35.5. The summed E-state index contributed by atoms with van der Waals surface area (Å²) in [4.78, 5) is 22.8. The number of aryl methyl sites for hydroxylation is 1. The van der Waals surface area contributed by atoms with Gasteiger partial charge in [-0.1, -0.05) is 23.7 Å². The molecule has 250 valence electrons. The van der Waals surface area contributed by atoms with E-state index in [-0.39, 0.29) is 41.3 Å². The number of likely N-dealkylation sites (tertiary alicyclic amines) is 1. The van der Waals surface area contributed by atoms with E-state index in [1.54, 1.807) is 24.4 Å². The molecule has 0 unspecified atom stereocenters.